The number of ether oxygens (including phenoxy) is 2. The van der Waals surface area contributed by atoms with Crippen LogP contribution in [0.25, 0.3) is 0 Å². The molecule has 0 saturated carbocycles. The van der Waals surface area contributed by atoms with Crippen LogP contribution in [-0.4, -0.2) is 54.7 Å². The van der Waals surface area contributed by atoms with Crippen molar-refractivity contribution in [2.45, 2.75) is 52.1 Å². The molecule has 1 saturated heterocycles. The van der Waals surface area contributed by atoms with E-state index in [1.165, 1.54) is 0 Å². The zero-order chi connectivity index (χ0) is 21.4. The zero-order valence-electron chi connectivity index (χ0n) is 17.8. The van der Waals surface area contributed by atoms with Gasteiger partial charge in [0.15, 0.2) is 6.61 Å². The molecule has 0 unspecified atom stereocenters. The molecule has 0 bridgehead atoms. The monoisotopic (exact) mass is 404 g/mol. The Hall–Kier alpha value is -2.57. The quantitative estimate of drug-likeness (QED) is 0.737. The largest absolute Gasteiger partial charge is 0.455 e. The van der Waals surface area contributed by atoms with Gasteiger partial charge in [0.25, 0.3) is 5.91 Å². The molecule has 0 aromatic heterocycles. The summed E-state index contributed by atoms with van der Waals surface area (Å²) in [5.41, 5.74) is 0.597. The van der Waals surface area contributed by atoms with E-state index in [1.807, 2.05) is 58.0 Å². The predicted molar refractivity (Wildman–Crippen MR) is 109 cm³/mol. The van der Waals surface area contributed by atoms with E-state index in [4.69, 9.17) is 9.47 Å². The average Bonchev–Trinajstić information content (AvgIpc) is 2.69. The normalized spacial score (nSPS) is 16.1. The topological polar surface area (TPSA) is 84.9 Å². The van der Waals surface area contributed by atoms with Crippen LogP contribution < -0.4 is 5.32 Å². The fourth-order valence-electron chi connectivity index (χ4n) is 3.10. The van der Waals surface area contributed by atoms with E-state index >= 15 is 0 Å². The van der Waals surface area contributed by atoms with Gasteiger partial charge >= 0.3 is 12.1 Å². The van der Waals surface area contributed by atoms with E-state index in [0.29, 0.717) is 32.5 Å². The Kier molecular flexibility index (Phi) is 8.05. The van der Waals surface area contributed by atoms with Crippen molar-refractivity contribution in [2.24, 2.45) is 5.92 Å². The lowest BCUT2D eigenvalue weighted by atomic mass is 9.97. The highest BCUT2D eigenvalue weighted by Crippen LogP contribution is 2.21. The van der Waals surface area contributed by atoms with Crippen molar-refractivity contribution >= 4 is 18.0 Å². The Balaban J connectivity index is 1.66. The minimum Gasteiger partial charge on any atom is -0.455 e. The minimum atomic E-state index is -0.543. The maximum absolute atomic E-state index is 12.2. The van der Waals surface area contributed by atoms with Gasteiger partial charge < -0.3 is 19.7 Å². The number of hydrogen-bond donors (Lipinski definition) is 1. The van der Waals surface area contributed by atoms with Crippen LogP contribution in [0.15, 0.2) is 30.3 Å². The van der Waals surface area contributed by atoms with Crippen molar-refractivity contribution in [3.8, 4) is 0 Å². The van der Waals surface area contributed by atoms with E-state index in [9.17, 15) is 14.4 Å². The zero-order valence-corrected chi connectivity index (χ0v) is 17.8. The summed E-state index contributed by atoms with van der Waals surface area (Å²) in [6.45, 7) is 8.56. The van der Waals surface area contributed by atoms with Crippen molar-refractivity contribution < 1.29 is 23.9 Å². The number of esters is 1. The fraction of sp³-hybridized carbons (Fsp3) is 0.591. The van der Waals surface area contributed by atoms with Crippen molar-refractivity contribution in [1.29, 1.82) is 0 Å². The summed E-state index contributed by atoms with van der Waals surface area (Å²) in [5.74, 6) is -0.829. The Morgan fingerprint density at radius 2 is 1.76 bits per heavy atom. The number of carbonyl (C=O) groups is 3. The molecule has 7 nitrogen and oxygen atoms in total. The lowest BCUT2D eigenvalue weighted by molar-refractivity contribution is -0.154. The lowest BCUT2D eigenvalue weighted by Crippen LogP contribution is -2.43. The number of carbonyl (C=O) groups excluding carboxylic acids is 3. The molecule has 1 aliphatic rings. The first-order valence-corrected chi connectivity index (χ1v) is 10.1. The molecule has 160 valence electrons. The summed E-state index contributed by atoms with van der Waals surface area (Å²) in [4.78, 5) is 37.9. The molecule has 29 heavy (non-hydrogen) atoms. The first-order valence-electron chi connectivity index (χ1n) is 10.1. The van der Waals surface area contributed by atoms with Crippen molar-refractivity contribution in [3.05, 3.63) is 35.9 Å². The summed E-state index contributed by atoms with van der Waals surface area (Å²) < 4.78 is 10.5. The number of rotatable bonds is 6. The molecule has 1 N–H and O–H groups in total. The molecule has 1 aromatic rings. The third-order valence-electron chi connectivity index (χ3n) is 4.80. The summed E-state index contributed by atoms with van der Waals surface area (Å²) in [7, 11) is 0. The number of piperidine rings is 1. The van der Waals surface area contributed by atoms with Crippen molar-refractivity contribution in [1.82, 2.24) is 10.2 Å². The molecule has 0 spiro atoms. The molecule has 0 radical (unpaired) electrons. The average molecular weight is 405 g/mol. The van der Waals surface area contributed by atoms with Gasteiger partial charge in [0.2, 0.25) is 0 Å². The molecule has 1 atom stereocenters. The third kappa shape index (κ3) is 7.75. The SMILES string of the molecule is C[C@@H](CNC(=O)COC(=O)C1CCN(C(=O)OC(C)(C)C)CC1)c1ccccc1. The standard InChI is InChI=1S/C22H32N2O5/c1-16(17-8-6-5-7-9-17)14-23-19(25)15-28-20(26)18-10-12-24(13-11-18)21(27)29-22(2,3)4/h5-9,16,18H,10-15H2,1-4H3,(H,23,25)/t16-/m0/s1. The second-order valence-corrected chi connectivity index (χ2v) is 8.47. The molecular formula is C22H32N2O5. The van der Waals surface area contributed by atoms with E-state index in [-0.39, 0.29) is 36.4 Å². The van der Waals surface area contributed by atoms with Gasteiger partial charge in [-0.25, -0.2) is 4.79 Å². The number of benzene rings is 1. The van der Waals surface area contributed by atoms with Gasteiger partial charge in [0.1, 0.15) is 5.60 Å². The Morgan fingerprint density at radius 3 is 2.34 bits per heavy atom. The first kappa shape index (κ1) is 22.7. The molecule has 7 heteroatoms. The molecule has 0 aliphatic carbocycles. The summed E-state index contributed by atoms with van der Waals surface area (Å²) in [5, 5.41) is 2.80. The molecular weight excluding hydrogens is 372 g/mol. The number of likely N-dealkylation sites (tertiary alicyclic amines) is 1. The van der Waals surface area contributed by atoms with Crippen LogP contribution in [0.4, 0.5) is 4.79 Å². The van der Waals surface area contributed by atoms with Gasteiger partial charge in [0.05, 0.1) is 5.92 Å². The van der Waals surface area contributed by atoms with E-state index in [0.717, 1.165) is 5.56 Å². The van der Waals surface area contributed by atoms with Crippen molar-refractivity contribution in [2.75, 3.05) is 26.2 Å². The Bertz CT molecular complexity index is 691. The maximum atomic E-state index is 12.2. The number of hydrogen-bond acceptors (Lipinski definition) is 5. The molecule has 2 rings (SSSR count). The van der Waals surface area contributed by atoms with Crippen molar-refractivity contribution in [3.63, 3.8) is 0 Å². The number of amides is 2. The highest BCUT2D eigenvalue weighted by Gasteiger charge is 2.30. The van der Waals surface area contributed by atoms with Gasteiger partial charge in [0, 0.05) is 19.6 Å². The number of nitrogens with one attached hydrogen (secondary N) is 1. The second-order valence-electron chi connectivity index (χ2n) is 8.47. The molecule has 2 amide bonds. The minimum absolute atomic E-state index is 0.174. The summed E-state index contributed by atoms with van der Waals surface area (Å²) in [6.07, 6.45) is 0.645. The van der Waals surface area contributed by atoms with Crippen LogP contribution in [0.3, 0.4) is 0 Å². The fourth-order valence-corrected chi connectivity index (χ4v) is 3.10. The molecule has 1 heterocycles. The van der Waals surface area contributed by atoms with Crippen LogP contribution in [-0.2, 0) is 19.1 Å². The van der Waals surface area contributed by atoms with Crippen LogP contribution in [0.1, 0.15) is 52.0 Å². The lowest BCUT2D eigenvalue weighted by Gasteiger charge is -2.32. The van der Waals surface area contributed by atoms with Crippen LogP contribution in [0, 0.1) is 5.92 Å². The van der Waals surface area contributed by atoms with Crippen LogP contribution in [0.5, 0.6) is 0 Å². The van der Waals surface area contributed by atoms with Gasteiger partial charge in [-0.3, -0.25) is 9.59 Å². The highest BCUT2D eigenvalue weighted by molar-refractivity contribution is 5.81. The Morgan fingerprint density at radius 1 is 1.14 bits per heavy atom. The summed E-state index contributed by atoms with van der Waals surface area (Å²) in [6, 6.07) is 9.90. The molecule has 1 aliphatic heterocycles. The second kappa shape index (κ2) is 10.3. The maximum Gasteiger partial charge on any atom is 0.410 e. The van der Waals surface area contributed by atoms with Gasteiger partial charge in [-0.2, -0.15) is 0 Å². The molecule has 1 fully saturated rings. The van der Waals surface area contributed by atoms with Gasteiger partial charge in [-0.1, -0.05) is 37.3 Å². The molecule has 1 aromatic carbocycles. The highest BCUT2D eigenvalue weighted by atomic mass is 16.6. The third-order valence-corrected chi connectivity index (χ3v) is 4.80. The van der Waals surface area contributed by atoms with E-state index in [1.54, 1.807) is 4.90 Å². The predicted octanol–water partition coefficient (Wildman–Crippen LogP) is 3.10. The van der Waals surface area contributed by atoms with E-state index < -0.39 is 5.60 Å². The first-order chi connectivity index (χ1) is 13.7. The van der Waals surface area contributed by atoms with Gasteiger partial charge in [-0.05, 0) is 45.1 Å². The number of nitrogens with zero attached hydrogens (tertiary/aromatic N) is 1. The van der Waals surface area contributed by atoms with Gasteiger partial charge in [-0.15, -0.1) is 0 Å². The van der Waals surface area contributed by atoms with Crippen LogP contribution >= 0.6 is 0 Å². The smallest absolute Gasteiger partial charge is 0.410 e. The Labute approximate surface area is 172 Å². The van der Waals surface area contributed by atoms with E-state index in [2.05, 4.69) is 5.32 Å². The summed E-state index contributed by atoms with van der Waals surface area (Å²) >= 11 is 0. The van der Waals surface area contributed by atoms with Crippen LogP contribution in [0.2, 0.25) is 0 Å².